The van der Waals surface area contributed by atoms with Crippen LogP contribution in [0.25, 0.3) is 0 Å². The van der Waals surface area contributed by atoms with Gasteiger partial charge in [-0.3, -0.25) is 9.78 Å². The van der Waals surface area contributed by atoms with E-state index in [1.807, 2.05) is 18.7 Å². The van der Waals surface area contributed by atoms with Gasteiger partial charge in [-0.25, -0.2) is 0 Å². The summed E-state index contributed by atoms with van der Waals surface area (Å²) in [6.07, 6.45) is 3.19. The van der Waals surface area contributed by atoms with Gasteiger partial charge in [-0.2, -0.15) is 0 Å². The van der Waals surface area contributed by atoms with Crippen molar-refractivity contribution in [1.29, 1.82) is 0 Å². The second-order valence-corrected chi connectivity index (χ2v) is 4.64. The van der Waals surface area contributed by atoms with E-state index < -0.39 is 0 Å². The number of rotatable bonds is 2. The number of carbonyl (C=O) groups is 1. The minimum absolute atomic E-state index is 0.00995. The van der Waals surface area contributed by atoms with E-state index in [2.05, 4.69) is 10.3 Å². The smallest absolute Gasteiger partial charge is 0.258 e. The fraction of sp³-hybridized carbons (Fsp3) is 0.538. The fourth-order valence-electron chi connectivity index (χ4n) is 2.39. The van der Waals surface area contributed by atoms with E-state index in [4.69, 9.17) is 4.74 Å². The Morgan fingerprint density at radius 3 is 2.72 bits per heavy atom. The zero-order chi connectivity index (χ0) is 13.1. The number of piperazine rings is 1. The molecule has 2 heterocycles. The van der Waals surface area contributed by atoms with Gasteiger partial charge in [0.25, 0.3) is 5.91 Å². The number of pyridine rings is 1. The van der Waals surface area contributed by atoms with Gasteiger partial charge in [-0.05, 0) is 19.9 Å². The highest BCUT2D eigenvalue weighted by Gasteiger charge is 2.30. The molecule has 0 bridgehead atoms. The molecule has 0 saturated carbocycles. The van der Waals surface area contributed by atoms with Crippen molar-refractivity contribution in [2.24, 2.45) is 0 Å². The van der Waals surface area contributed by atoms with E-state index in [0.29, 0.717) is 11.3 Å². The Morgan fingerprint density at radius 2 is 2.11 bits per heavy atom. The average Bonchev–Trinajstić information content (AvgIpc) is 2.38. The van der Waals surface area contributed by atoms with E-state index in [-0.39, 0.29) is 18.0 Å². The van der Waals surface area contributed by atoms with Crippen molar-refractivity contribution in [1.82, 2.24) is 15.2 Å². The summed E-state index contributed by atoms with van der Waals surface area (Å²) in [7, 11) is 1.55. The van der Waals surface area contributed by atoms with E-state index in [1.165, 1.54) is 0 Å². The highest BCUT2D eigenvalue weighted by molar-refractivity contribution is 5.97. The standard InChI is InChI=1S/C13H19N3O2/c1-9-6-15-7-10(2)16(9)13(17)11-4-5-14-8-12(11)18-3/h4-5,8-10,15H,6-7H2,1-3H3. The van der Waals surface area contributed by atoms with Crippen molar-refractivity contribution in [2.45, 2.75) is 25.9 Å². The summed E-state index contributed by atoms with van der Waals surface area (Å²) in [6, 6.07) is 2.07. The third-order valence-electron chi connectivity index (χ3n) is 3.30. The van der Waals surface area contributed by atoms with Crippen LogP contribution in [0.4, 0.5) is 0 Å². The maximum atomic E-state index is 12.6. The number of hydrogen-bond acceptors (Lipinski definition) is 4. The average molecular weight is 249 g/mol. The predicted molar refractivity (Wildman–Crippen MR) is 68.8 cm³/mol. The number of hydrogen-bond donors (Lipinski definition) is 1. The van der Waals surface area contributed by atoms with Gasteiger partial charge in [0.1, 0.15) is 5.75 Å². The zero-order valence-corrected chi connectivity index (χ0v) is 11.0. The molecule has 2 unspecified atom stereocenters. The van der Waals surface area contributed by atoms with Crippen LogP contribution < -0.4 is 10.1 Å². The Labute approximate surface area is 107 Å². The van der Waals surface area contributed by atoms with Crippen molar-refractivity contribution < 1.29 is 9.53 Å². The van der Waals surface area contributed by atoms with Gasteiger partial charge in [-0.1, -0.05) is 0 Å². The monoisotopic (exact) mass is 249 g/mol. The summed E-state index contributed by atoms with van der Waals surface area (Å²) in [6.45, 7) is 5.75. The van der Waals surface area contributed by atoms with Gasteiger partial charge in [0, 0.05) is 31.4 Å². The number of ether oxygens (including phenoxy) is 1. The van der Waals surface area contributed by atoms with Gasteiger partial charge in [0.2, 0.25) is 0 Å². The van der Waals surface area contributed by atoms with Crippen LogP contribution in [0.1, 0.15) is 24.2 Å². The lowest BCUT2D eigenvalue weighted by molar-refractivity contribution is 0.0541. The molecule has 18 heavy (non-hydrogen) atoms. The first-order valence-corrected chi connectivity index (χ1v) is 6.16. The summed E-state index contributed by atoms with van der Waals surface area (Å²) >= 11 is 0. The molecule has 0 spiro atoms. The van der Waals surface area contributed by atoms with Crippen molar-refractivity contribution in [3.05, 3.63) is 24.0 Å². The van der Waals surface area contributed by atoms with E-state index in [0.717, 1.165) is 13.1 Å². The molecule has 0 radical (unpaired) electrons. The topological polar surface area (TPSA) is 54.5 Å². The molecule has 1 aromatic rings. The molecule has 0 aromatic carbocycles. The summed E-state index contributed by atoms with van der Waals surface area (Å²) in [5.41, 5.74) is 0.577. The molecule has 2 rings (SSSR count). The molecule has 98 valence electrons. The van der Waals surface area contributed by atoms with Crippen molar-refractivity contribution in [3.8, 4) is 5.75 Å². The van der Waals surface area contributed by atoms with Crippen LogP contribution in [0, 0.1) is 0 Å². The summed E-state index contributed by atoms with van der Waals surface area (Å²) in [5, 5.41) is 3.31. The number of methoxy groups -OCH3 is 1. The molecule has 2 atom stereocenters. The van der Waals surface area contributed by atoms with Crippen LogP contribution in [0.5, 0.6) is 5.75 Å². The van der Waals surface area contributed by atoms with Crippen LogP contribution >= 0.6 is 0 Å². The molecular weight excluding hydrogens is 230 g/mol. The Kier molecular flexibility index (Phi) is 3.81. The minimum atomic E-state index is 0.00995. The Balaban J connectivity index is 2.29. The molecule has 1 N–H and O–H groups in total. The SMILES string of the molecule is COc1cnccc1C(=O)N1C(C)CNCC1C. The van der Waals surface area contributed by atoms with Gasteiger partial charge in [-0.15, -0.1) is 0 Å². The maximum Gasteiger partial charge on any atom is 0.258 e. The number of nitrogens with zero attached hydrogens (tertiary/aromatic N) is 2. The molecule has 5 heteroatoms. The van der Waals surface area contributed by atoms with Crippen molar-refractivity contribution in [3.63, 3.8) is 0 Å². The van der Waals surface area contributed by atoms with Gasteiger partial charge in [0.05, 0.1) is 18.9 Å². The first-order chi connectivity index (χ1) is 8.65. The summed E-state index contributed by atoms with van der Waals surface area (Å²) < 4.78 is 5.20. The second-order valence-electron chi connectivity index (χ2n) is 4.64. The number of nitrogens with one attached hydrogen (secondary N) is 1. The lowest BCUT2D eigenvalue weighted by atomic mass is 10.1. The quantitative estimate of drug-likeness (QED) is 0.846. The van der Waals surface area contributed by atoms with Crippen LogP contribution in [-0.2, 0) is 0 Å². The van der Waals surface area contributed by atoms with Crippen molar-refractivity contribution >= 4 is 5.91 Å². The molecule has 1 saturated heterocycles. The van der Waals surface area contributed by atoms with E-state index >= 15 is 0 Å². The number of amides is 1. The van der Waals surface area contributed by atoms with E-state index in [1.54, 1.807) is 25.6 Å². The highest BCUT2D eigenvalue weighted by atomic mass is 16.5. The normalized spacial score (nSPS) is 23.8. The Bertz CT molecular complexity index is 426. The Hall–Kier alpha value is -1.62. The first kappa shape index (κ1) is 12.8. The molecule has 1 amide bonds. The molecule has 5 nitrogen and oxygen atoms in total. The van der Waals surface area contributed by atoms with Gasteiger partial charge < -0.3 is 15.0 Å². The maximum absolute atomic E-state index is 12.6. The van der Waals surface area contributed by atoms with Crippen molar-refractivity contribution in [2.75, 3.05) is 20.2 Å². The molecule has 1 aliphatic heterocycles. The van der Waals surface area contributed by atoms with Gasteiger partial charge >= 0.3 is 0 Å². The van der Waals surface area contributed by atoms with Crippen LogP contribution in [0.2, 0.25) is 0 Å². The summed E-state index contributed by atoms with van der Waals surface area (Å²) in [5.74, 6) is 0.538. The summed E-state index contributed by atoms with van der Waals surface area (Å²) in [4.78, 5) is 18.5. The lowest BCUT2D eigenvalue weighted by Gasteiger charge is -2.39. The molecular formula is C13H19N3O2. The minimum Gasteiger partial charge on any atom is -0.494 e. The molecule has 1 aliphatic rings. The number of carbonyl (C=O) groups excluding carboxylic acids is 1. The van der Waals surface area contributed by atoms with E-state index in [9.17, 15) is 4.79 Å². The second kappa shape index (κ2) is 5.35. The third kappa shape index (κ3) is 2.31. The predicted octanol–water partition coefficient (Wildman–Crippen LogP) is 0.913. The molecule has 1 aromatic heterocycles. The van der Waals surface area contributed by atoms with Gasteiger partial charge in [0.15, 0.2) is 0 Å². The first-order valence-electron chi connectivity index (χ1n) is 6.16. The number of aromatic nitrogens is 1. The fourth-order valence-corrected chi connectivity index (χ4v) is 2.39. The Morgan fingerprint density at radius 1 is 1.44 bits per heavy atom. The lowest BCUT2D eigenvalue weighted by Crippen LogP contribution is -2.57. The van der Waals surface area contributed by atoms with Crippen LogP contribution in [-0.4, -0.2) is 48.1 Å². The molecule has 0 aliphatic carbocycles. The largest absolute Gasteiger partial charge is 0.494 e. The van der Waals surface area contributed by atoms with Crippen LogP contribution in [0.15, 0.2) is 18.5 Å². The van der Waals surface area contributed by atoms with Crippen LogP contribution in [0.3, 0.4) is 0 Å². The molecule has 1 fully saturated rings. The highest BCUT2D eigenvalue weighted by Crippen LogP contribution is 2.21. The zero-order valence-electron chi connectivity index (χ0n) is 11.0. The third-order valence-corrected chi connectivity index (χ3v) is 3.30.